The van der Waals surface area contributed by atoms with Crippen molar-refractivity contribution in [3.8, 4) is 0 Å². The highest BCUT2D eigenvalue weighted by Gasteiger charge is 2.47. The number of aliphatic hydroxyl groups is 1. The van der Waals surface area contributed by atoms with Crippen LogP contribution in [0.4, 0.5) is 0 Å². The number of likely N-dealkylation sites (N-methyl/N-ethyl adjacent to an activating group) is 1. The third-order valence-electron chi connectivity index (χ3n) is 3.65. The fraction of sp³-hybridized carbons (Fsp3) is 0.833. The van der Waals surface area contributed by atoms with Gasteiger partial charge in [0.25, 0.3) is 0 Å². The Kier molecular flexibility index (Phi) is 5.56. The van der Waals surface area contributed by atoms with E-state index in [1.807, 2.05) is 0 Å². The van der Waals surface area contributed by atoms with Gasteiger partial charge in [0.05, 0.1) is 12.7 Å². The summed E-state index contributed by atoms with van der Waals surface area (Å²) in [5.74, 6) is -0.251. The Labute approximate surface area is 113 Å². The molecule has 1 unspecified atom stereocenters. The number of nitrogens with two attached hydrogens (primary N) is 1. The summed E-state index contributed by atoms with van der Waals surface area (Å²) in [6, 6.07) is 0. The van der Waals surface area contributed by atoms with Crippen LogP contribution in [0.25, 0.3) is 0 Å². The van der Waals surface area contributed by atoms with Crippen LogP contribution in [-0.2, 0) is 9.53 Å². The summed E-state index contributed by atoms with van der Waals surface area (Å²) in [7, 11) is 3.09. The molecule has 1 atom stereocenters. The molecule has 0 aromatic heterocycles. The molecule has 0 heterocycles. The maximum absolute atomic E-state index is 12.5. The number of nitrogens with zero attached hydrogens (tertiary/aromatic N) is 2. The Morgan fingerprint density at radius 3 is 2.58 bits per heavy atom. The summed E-state index contributed by atoms with van der Waals surface area (Å²) in [5, 5.41) is 21.6. The van der Waals surface area contributed by atoms with E-state index in [9.17, 15) is 9.90 Å². The smallest absolute Gasteiger partial charge is 0.236 e. The number of methoxy groups -OCH3 is 1. The molecule has 1 aliphatic carbocycles. The van der Waals surface area contributed by atoms with Gasteiger partial charge in [-0.25, -0.2) is 0 Å². The Hall–Kier alpha value is -1.34. The summed E-state index contributed by atoms with van der Waals surface area (Å²) in [6.45, 7) is 0.321. The number of oxime groups is 1. The molecule has 0 aliphatic heterocycles. The van der Waals surface area contributed by atoms with Crippen LogP contribution in [0.5, 0.6) is 0 Å². The van der Waals surface area contributed by atoms with Crippen LogP contribution in [-0.4, -0.2) is 60.4 Å². The van der Waals surface area contributed by atoms with Crippen molar-refractivity contribution in [1.82, 2.24) is 4.90 Å². The number of hydrogen-bond donors (Lipinski definition) is 3. The number of rotatable bonds is 6. The second-order valence-corrected chi connectivity index (χ2v) is 5.07. The van der Waals surface area contributed by atoms with Crippen LogP contribution in [0.15, 0.2) is 5.16 Å². The highest BCUT2D eigenvalue weighted by atomic mass is 16.5. The number of ether oxygens (including phenoxy) is 1. The van der Waals surface area contributed by atoms with Gasteiger partial charge in [0.2, 0.25) is 5.91 Å². The van der Waals surface area contributed by atoms with Gasteiger partial charge in [-0.2, -0.15) is 0 Å². The summed E-state index contributed by atoms with van der Waals surface area (Å²) in [5.41, 5.74) is 4.79. The lowest BCUT2D eigenvalue weighted by Gasteiger charge is -2.32. The first kappa shape index (κ1) is 15.7. The summed E-state index contributed by atoms with van der Waals surface area (Å²) >= 11 is 0. The molecule has 0 radical (unpaired) electrons. The summed E-state index contributed by atoms with van der Waals surface area (Å²) < 4.78 is 4.83. The van der Waals surface area contributed by atoms with Crippen LogP contribution in [0.1, 0.15) is 25.7 Å². The average molecular weight is 273 g/mol. The topological polar surface area (TPSA) is 108 Å². The number of carbonyl (C=O) groups is 1. The van der Waals surface area contributed by atoms with Crippen molar-refractivity contribution in [2.24, 2.45) is 16.3 Å². The van der Waals surface area contributed by atoms with Crippen molar-refractivity contribution in [3.63, 3.8) is 0 Å². The van der Waals surface area contributed by atoms with Crippen molar-refractivity contribution >= 4 is 11.7 Å². The molecule has 7 nitrogen and oxygen atoms in total. The van der Waals surface area contributed by atoms with E-state index < -0.39 is 11.5 Å². The van der Waals surface area contributed by atoms with Gasteiger partial charge in [-0.3, -0.25) is 4.79 Å². The first-order valence-electron chi connectivity index (χ1n) is 6.38. The average Bonchev–Trinajstić information content (AvgIpc) is 2.87. The minimum Gasteiger partial charge on any atom is -0.409 e. The lowest BCUT2D eigenvalue weighted by molar-refractivity contribution is -0.138. The zero-order valence-electron chi connectivity index (χ0n) is 11.5. The van der Waals surface area contributed by atoms with E-state index >= 15 is 0 Å². The molecule has 1 amide bonds. The molecule has 4 N–H and O–H groups in total. The van der Waals surface area contributed by atoms with E-state index in [1.54, 1.807) is 7.05 Å². The Morgan fingerprint density at radius 2 is 2.11 bits per heavy atom. The van der Waals surface area contributed by atoms with Crippen LogP contribution in [0.3, 0.4) is 0 Å². The molecule has 0 bridgehead atoms. The zero-order valence-corrected chi connectivity index (χ0v) is 11.5. The molecule has 1 aliphatic rings. The molecule has 7 heteroatoms. The van der Waals surface area contributed by atoms with Crippen molar-refractivity contribution in [2.75, 3.05) is 27.3 Å². The predicted octanol–water partition coefficient (Wildman–Crippen LogP) is -0.241. The second kappa shape index (κ2) is 6.72. The number of aliphatic hydroxyl groups excluding tert-OH is 1. The van der Waals surface area contributed by atoms with Crippen LogP contribution in [0, 0.1) is 5.41 Å². The van der Waals surface area contributed by atoms with E-state index in [0.717, 1.165) is 12.8 Å². The van der Waals surface area contributed by atoms with E-state index in [2.05, 4.69) is 5.16 Å². The normalized spacial score (nSPS) is 20.3. The maximum Gasteiger partial charge on any atom is 0.236 e. The van der Waals surface area contributed by atoms with Gasteiger partial charge in [-0.1, -0.05) is 18.0 Å². The molecule has 1 fully saturated rings. The highest BCUT2D eigenvalue weighted by molar-refractivity contribution is 6.06. The monoisotopic (exact) mass is 273 g/mol. The minimum absolute atomic E-state index is 0.0388. The van der Waals surface area contributed by atoms with Gasteiger partial charge in [-0.05, 0) is 12.8 Å². The fourth-order valence-corrected chi connectivity index (χ4v) is 2.66. The van der Waals surface area contributed by atoms with Crippen LogP contribution in [0.2, 0.25) is 0 Å². The SMILES string of the molecule is COCC(O)CN(C)C(=O)C1(C(N)=NO)CCCC1. The molecule has 19 heavy (non-hydrogen) atoms. The standard InChI is InChI=1S/C12H23N3O4/c1-15(7-9(16)8-19-2)11(17)12(10(13)14-18)5-3-4-6-12/h9,16,18H,3-8H2,1-2H3,(H2,13,14). The van der Waals surface area contributed by atoms with Crippen molar-refractivity contribution in [3.05, 3.63) is 0 Å². The molecule has 110 valence electrons. The van der Waals surface area contributed by atoms with E-state index in [-0.39, 0.29) is 24.9 Å². The number of carbonyl (C=O) groups excluding carboxylic acids is 1. The predicted molar refractivity (Wildman–Crippen MR) is 69.8 cm³/mol. The number of amides is 1. The molecule has 0 aromatic carbocycles. The lowest BCUT2D eigenvalue weighted by Crippen LogP contribution is -2.50. The van der Waals surface area contributed by atoms with Crippen molar-refractivity contribution < 1.29 is 19.8 Å². The van der Waals surface area contributed by atoms with Crippen molar-refractivity contribution in [1.29, 1.82) is 0 Å². The zero-order chi connectivity index (χ0) is 14.5. The molecule has 0 aromatic rings. The molecular weight excluding hydrogens is 250 g/mol. The number of hydrogen-bond acceptors (Lipinski definition) is 5. The molecule has 1 rings (SSSR count). The van der Waals surface area contributed by atoms with Gasteiger partial charge in [0.15, 0.2) is 5.84 Å². The van der Waals surface area contributed by atoms with Gasteiger partial charge in [0.1, 0.15) is 5.41 Å². The third kappa shape index (κ3) is 3.36. The Balaban J connectivity index is 2.78. The summed E-state index contributed by atoms with van der Waals surface area (Å²) in [6.07, 6.45) is 2.15. The first-order valence-corrected chi connectivity index (χ1v) is 6.38. The Bertz CT molecular complexity index is 340. The van der Waals surface area contributed by atoms with Crippen LogP contribution >= 0.6 is 0 Å². The third-order valence-corrected chi connectivity index (χ3v) is 3.65. The van der Waals surface area contributed by atoms with E-state index in [1.165, 1.54) is 12.0 Å². The van der Waals surface area contributed by atoms with Crippen LogP contribution < -0.4 is 5.73 Å². The van der Waals surface area contributed by atoms with Gasteiger partial charge >= 0.3 is 0 Å². The Morgan fingerprint density at radius 1 is 1.53 bits per heavy atom. The van der Waals surface area contributed by atoms with Crippen molar-refractivity contribution in [2.45, 2.75) is 31.8 Å². The van der Waals surface area contributed by atoms with E-state index in [4.69, 9.17) is 15.7 Å². The molecule has 0 spiro atoms. The molecular formula is C12H23N3O4. The summed E-state index contributed by atoms with van der Waals surface area (Å²) in [4.78, 5) is 13.9. The van der Waals surface area contributed by atoms with Gasteiger partial charge in [0, 0.05) is 20.7 Å². The maximum atomic E-state index is 12.5. The molecule has 0 saturated heterocycles. The number of amidine groups is 1. The minimum atomic E-state index is -0.920. The largest absolute Gasteiger partial charge is 0.409 e. The fourth-order valence-electron chi connectivity index (χ4n) is 2.66. The lowest BCUT2D eigenvalue weighted by atomic mass is 9.83. The first-order chi connectivity index (χ1) is 8.97. The highest BCUT2D eigenvalue weighted by Crippen LogP contribution is 2.39. The van der Waals surface area contributed by atoms with Gasteiger partial charge in [-0.15, -0.1) is 0 Å². The van der Waals surface area contributed by atoms with Gasteiger partial charge < -0.3 is 25.7 Å². The quantitative estimate of drug-likeness (QED) is 0.268. The molecule has 1 saturated carbocycles. The van der Waals surface area contributed by atoms with E-state index in [0.29, 0.717) is 12.8 Å². The second-order valence-electron chi connectivity index (χ2n) is 5.07.